The van der Waals surface area contributed by atoms with Crippen LogP contribution in [0.25, 0.3) is 0 Å². The number of nitrogens with one attached hydrogen (secondary N) is 1. The van der Waals surface area contributed by atoms with Gasteiger partial charge < -0.3 is 21.3 Å². The van der Waals surface area contributed by atoms with E-state index in [4.69, 9.17) is 15.9 Å². The lowest BCUT2D eigenvalue weighted by atomic mass is 10.2. The summed E-state index contributed by atoms with van der Waals surface area (Å²) >= 11 is 1.19. The number of amides is 1. The highest BCUT2D eigenvalue weighted by Gasteiger charge is 2.07. The molecule has 0 bridgehead atoms. The zero-order valence-corrected chi connectivity index (χ0v) is 10.4. The first kappa shape index (κ1) is 14.7. The van der Waals surface area contributed by atoms with Crippen molar-refractivity contribution >= 4 is 29.0 Å². The summed E-state index contributed by atoms with van der Waals surface area (Å²) in [6, 6.07) is 3.92. The van der Waals surface area contributed by atoms with Gasteiger partial charge in [-0.15, -0.1) is 11.8 Å². The summed E-state index contributed by atoms with van der Waals surface area (Å²) in [5, 5.41) is 20.2. The first-order chi connectivity index (χ1) is 8.52. The smallest absolute Gasteiger partial charge is 0.234 e. The maximum Gasteiger partial charge on any atom is 0.234 e. The second kappa shape index (κ2) is 7.20. The van der Waals surface area contributed by atoms with Gasteiger partial charge in [0.25, 0.3) is 0 Å². The molecule has 0 aliphatic rings. The van der Waals surface area contributed by atoms with Crippen molar-refractivity contribution in [2.45, 2.75) is 6.10 Å². The van der Waals surface area contributed by atoms with Crippen molar-refractivity contribution in [2.24, 2.45) is 0 Å². The van der Waals surface area contributed by atoms with Gasteiger partial charge in [-0.3, -0.25) is 4.79 Å². The lowest BCUT2D eigenvalue weighted by Gasteiger charge is -2.08. The van der Waals surface area contributed by atoms with Crippen LogP contribution in [0.5, 0.6) is 0 Å². The van der Waals surface area contributed by atoms with Crippen molar-refractivity contribution in [2.75, 3.05) is 29.2 Å². The molecule has 7 heteroatoms. The fourth-order valence-electron chi connectivity index (χ4n) is 1.16. The normalized spacial score (nSPS) is 12.2. The minimum Gasteiger partial charge on any atom is -0.396 e. The molecule has 0 spiro atoms. The number of hydrogen-bond acceptors (Lipinski definition) is 5. The Balaban J connectivity index is 2.38. The number of rotatable bonds is 6. The Hall–Kier alpha value is -1.31. The number of halogens is 1. The van der Waals surface area contributed by atoms with Gasteiger partial charge in [-0.25, -0.2) is 4.39 Å². The number of carbonyl (C=O) groups is 1. The molecule has 0 saturated heterocycles. The Kier molecular flexibility index (Phi) is 5.90. The van der Waals surface area contributed by atoms with Gasteiger partial charge >= 0.3 is 0 Å². The SMILES string of the molecule is Nc1cc(NC(=O)CSCC(O)CO)ccc1F. The van der Waals surface area contributed by atoms with E-state index in [1.807, 2.05) is 0 Å². The number of aliphatic hydroxyl groups excluding tert-OH is 2. The van der Waals surface area contributed by atoms with Crippen LogP contribution in [0.3, 0.4) is 0 Å². The lowest BCUT2D eigenvalue weighted by Crippen LogP contribution is -2.19. The molecular weight excluding hydrogens is 259 g/mol. The van der Waals surface area contributed by atoms with Gasteiger partial charge in [-0.2, -0.15) is 0 Å². The molecule has 0 aliphatic carbocycles. The second-order valence-electron chi connectivity index (χ2n) is 3.64. The van der Waals surface area contributed by atoms with E-state index in [2.05, 4.69) is 5.32 Å². The zero-order chi connectivity index (χ0) is 13.5. The summed E-state index contributed by atoms with van der Waals surface area (Å²) in [4.78, 5) is 11.5. The molecule has 1 amide bonds. The van der Waals surface area contributed by atoms with Gasteiger partial charge in [0.1, 0.15) is 5.82 Å². The summed E-state index contributed by atoms with van der Waals surface area (Å²) in [5.41, 5.74) is 5.75. The van der Waals surface area contributed by atoms with E-state index in [9.17, 15) is 9.18 Å². The summed E-state index contributed by atoms with van der Waals surface area (Å²) in [5.74, 6) is -0.409. The third-order valence-corrected chi connectivity index (χ3v) is 3.12. The third kappa shape index (κ3) is 4.91. The van der Waals surface area contributed by atoms with Crippen molar-refractivity contribution in [1.82, 2.24) is 0 Å². The predicted octanol–water partition coefficient (Wildman–Crippen LogP) is 0.433. The molecule has 0 heterocycles. The van der Waals surface area contributed by atoms with Crippen LogP contribution in [-0.2, 0) is 4.79 Å². The molecule has 1 aromatic carbocycles. The minimum absolute atomic E-state index is 0.0313. The van der Waals surface area contributed by atoms with Gasteiger partial charge in [0.2, 0.25) is 5.91 Å². The predicted molar refractivity (Wildman–Crippen MR) is 69.9 cm³/mol. The zero-order valence-electron chi connectivity index (χ0n) is 9.60. The Morgan fingerprint density at radius 1 is 1.56 bits per heavy atom. The van der Waals surface area contributed by atoms with Crippen LogP contribution < -0.4 is 11.1 Å². The maximum absolute atomic E-state index is 12.9. The Morgan fingerprint density at radius 2 is 2.28 bits per heavy atom. The number of benzene rings is 1. The molecular formula is C11H15FN2O3S. The number of nitrogen functional groups attached to an aromatic ring is 1. The minimum atomic E-state index is -0.829. The highest BCUT2D eigenvalue weighted by atomic mass is 32.2. The largest absolute Gasteiger partial charge is 0.396 e. The maximum atomic E-state index is 12.9. The van der Waals surface area contributed by atoms with Crippen molar-refractivity contribution in [1.29, 1.82) is 0 Å². The fraction of sp³-hybridized carbons (Fsp3) is 0.364. The van der Waals surface area contributed by atoms with E-state index >= 15 is 0 Å². The van der Waals surface area contributed by atoms with Gasteiger partial charge in [0.05, 0.1) is 24.2 Å². The van der Waals surface area contributed by atoms with Crippen LogP contribution in [0.2, 0.25) is 0 Å². The molecule has 0 radical (unpaired) electrons. The number of hydrogen-bond donors (Lipinski definition) is 4. The molecule has 1 rings (SSSR count). The van der Waals surface area contributed by atoms with Gasteiger partial charge in [-0.05, 0) is 18.2 Å². The summed E-state index contributed by atoms with van der Waals surface area (Å²) in [6.07, 6.45) is -0.829. The van der Waals surface area contributed by atoms with Gasteiger partial charge in [0.15, 0.2) is 0 Å². The van der Waals surface area contributed by atoms with Crippen LogP contribution in [-0.4, -0.2) is 40.3 Å². The Labute approximate surface area is 108 Å². The fourth-order valence-corrected chi connectivity index (χ4v) is 1.91. The van der Waals surface area contributed by atoms with Crippen molar-refractivity contribution in [3.63, 3.8) is 0 Å². The van der Waals surface area contributed by atoms with E-state index < -0.39 is 11.9 Å². The molecule has 5 nitrogen and oxygen atoms in total. The van der Waals surface area contributed by atoms with Crippen molar-refractivity contribution in [3.8, 4) is 0 Å². The quantitative estimate of drug-likeness (QED) is 0.564. The first-order valence-electron chi connectivity index (χ1n) is 5.24. The Bertz CT molecular complexity index is 417. The first-order valence-corrected chi connectivity index (χ1v) is 6.40. The molecule has 5 N–H and O–H groups in total. The molecule has 1 atom stereocenters. The van der Waals surface area contributed by atoms with E-state index in [1.54, 1.807) is 0 Å². The number of aliphatic hydroxyl groups is 2. The van der Waals surface area contributed by atoms with Crippen molar-refractivity contribution in [3.05, 3.63) is 24.0 Å². The van der Waals surface area contributed by atoms with Crippen LogP contribution in [0, 0.1) is 5.82 Å². The standard InChI is InChI=1S/C11H15FN2O3S/c12-9-2-1-7(3-10(9)13)14-11(17)6-18-5-8(16)4-15/h1-3,8,15-16H,4-6,13H2,(H,14,17). The van der Waals surface area contributed by atoms with E-state index in [0.717, 1.165) is 0 Å². The van der Waals surface area contributed by atoms with Crippen LogP contribution in [0.4, 0.5) is 15.8 Å². The molecule has 0 fully saturated rings. The lowest BCUT2D eigenvalue weighted by molar-refractivity contribution is -0.113. The van der Waals surface area contributed by atoms with Crippen LogP contribution >= 0.6 is 11.8 Å². The molecule has 0 aliphatic heterocycles. The summed E-state index contributed by atoms with van der Waals surface area (Å²) in [6.45, 7) is -0.330. The van der Waals surface area contributed by atoms with Gasteiger partial charge in [0, 0.05) is 11.4 Å². The summed E-state index contributed by atoms with van der Waals surface area (Å²) in [7, 11) is 0. The number of thioether (sulfide) groups is 1. The molecule has 0 saturated carbocycles. The third-order valence-electron chi connectivity index (χ3n) is 2.03. The molecule has 1 unspecified atom stereocenters. The topological polar surface area (TPSA) is 95.6 Å². The monoisotopic (exact) mass is 274 g/mol. The Morgan fingerprint density at radius 3 is 2.89 bits per heavy atom. The molecule has 100 valence electrons. The number of anilines is 2. The average Bonchev–Trinajstić information content (AvgIpc) is 2.33. The van der Waals surface area contributed by atoms with E-state index in [-0.39, 0.29) is 29.7 Å². The van der Waals surface area contributed by atoms with E-state index in [0.29, 0.717) is 5.69 Å². The second-order valence-corrected chi connectivity index (χ2v) is 4.67. The molecule has 1 aromatic rings. The van der Waals surface area contributed by atoms with Crippen molar-refractivity contribution < 1.29 is 19.4 Å². The average molecular weight is 274 g/mol. The number of nitrogens with two attached hydrogens (primary N) is 1. The van der Waals surface area contributed by atoms with E-state index in [1.165, 1.54) is 30.0 Å². The van der Waals surface area contributed by atoms with Gasteiger partial charge in [-0.1, -0.05) is 0 Å². The highest BCUT2D eigenvalue weighted by molar-refractivity contribution is 8.00. The molecule has 18 heavy (non-hydrogen) atoms. The molecule has 0 aromatic heterocycles. The summed E-state index contributed by atoms with van der Waals surface area (Å²) < 4.78 is 12.9. The van der Waals surface area contributed by atoms with Crippen LogP contribution in [0.15, 0.2) is 18.2 Å². The number of carbonyl (C=O) groups excluding carboxylic acids is 1. The highest BCUT2D eigenvalue weighted by Crippen LogP contribution is 2.16. The van der Waals surface area contributed by atoms with Crippen LogP contribution in [0.1, 0.15) is 0 Å².